The number of hydrogen-bond donors (Lipinski definition) is 1. The summed E-state index contributed by atoms with van der Waals surface area (Å²) in [5.41, 5.74) is 0. The first-order valence-electron chi connectivity index (χ1n) is 4.93. The van der Waals surface area contributed by atoms with E-state index in [-0.39, 0.29) is 5.91 Å². The number of terminal acetylenes is 1. The summed E-state index contributed by atoms with van der Waals surface area (Å²) in [6.07, 6.45) is 11.0. The van der Waals surface area contributed by atoms with Crippen LogP contribution < -0.4 is 5.32 Å². The summed E-state index contributed by atoms with van der Waals surface area (Å²) in [6.45, 7) is 0. The summed E-state index contributed by atoms with van der Waals surface area (Å²) in [5, 5.41) is 2.66. The lowest BCUT2D eigenvalue weighted by molar-refractivity contribution is -0.116. The smallest absolute Gasteiger partial charge is 0.225 e. The Bertz CT molecular complexity index is 383. The number of amides is 1. The van der Waals surface area contributed by atoms with Crippen LogP contribution in [0.4, 0.5) is 5.82 Å². The number of halogens is 1. The highest BCUT2D eigenvalue weighted by molar-refractivity contribution is 9.10. The number of rotatable bonds is 5. The normalized spacial score (nSPS) is 9.50. The molecule has 0 saturated carbocycles. The standard InChI is InChI=1S/C11H12BrN3O/c1-2-3-4-5-6-11(16)15-10-8-13-9(12)7-14-10/h1,7-8H,3-6H2,(H,14,15,16). The molecule has 1 heterocycles. The van der Waals surface area contributed by atoms with Gasteiger partial charge in [0.15, 0.2) is 5.82 Å². The predicted octanol–water partition coefficient (Wildman–Crippen LogP) is 2.37. The van der Waals surface area contributed by atoms with E-state index in [2.05, 4.69) is 37.1 Å². The van der Waals surface area contributed by atoms with Gasteiger partial charge in [0.05, 0.1) is 12.4 Å². The van der Waals surface area contributed by atoms with Crippen molar-refractivity contribution in [2.45, 2.75) is 25.7 Å². The van der Waals surface area contributed by atoms with Crippen LogP contribution in [0.3, 0.4) is 0 Å². The van der Waals surface area contributed by atoms with Crippen LogP contribution in [0.1, 0.15) is 25.7 Å². The van der Waals surface area contributed by atoms with Gasteiger partial charge in [0, 0.05) is 12.8 Å². The third-order valence-electron chi connectivity index (χ3n) is 1.86. The molecule has 0 aliphatic heterocycles. The lowest BCUT2D eigenvalue weighted by Gasteiger charge is -2.02. The summed E-state index contributed by atoms with van der Waals surface area (Å²) >= 11 is 3.17. The number of nitrogens with one attached hydrogen (secondary N) is 1. The van der Waals surface area contributed by atoms with Gasteiger partial charge in [0.1, 0.15) is 4.60 Å². The van der Waals surface area contributed by atoms with E-state index in [4.69, 9.17) is 6.42 Å². The Hall–Kier alpha value is -1.41. The van der Waals surface area contributed by atoms with Crippen molar-refractivity contribution in [3.63, 3.8) is 0 Å². The second-order valence-electron chi connectivity index (χ2n) is 3.18. The van der Waals surface area contributed by atoms with Crippen LogP contribution >= 0.6 is 15.9 Å². The number of hydrogen-bond acceptors (Lipinski definition) is 3. The first-order chi connectivity index (χ1) is 7.72. The van der Waals surface area contributed by atoms with E-state index in [9.17, 15) is 4.79 Å². The van der Waals surface area contributed by atoms with Crippen LogP contribution in [0.25, 0.3) is 0 Å². The molecule has 1 aromatic rings. The van der Waals surface area contributed by atoms with E-state index in [0.29, 0.717) is 23.3 Å². The quantitative estimate of drug-likeness (QED) is 0.666. The van der Waals surface area contributed by atoms with Gasteiger partial charge < -0.3 is 5.32 Å². The molecule has 0 unspecified atom stereocenters. The average molecular weight is 282 g/mol. The Morgan fingerprint density at radius 3 is 2.88 bits per heavy atom. The Morgan fingerprint density at radius 1 is 1.44 bits per heavy atom. The molecule has 4 nitrogen and oxygen atoms in total. The van der Waals surface area contributed by atoms with E-state index in [1.54, 1.807) is 0 Å². The van der Waals surface area contributed by atoms with E-state index in [0.717, 1.165) is 12.8 Å². The zero-order chi connectivity index (χ0) is 11.8. The van der Waals surface area contributed by atoms with E-state index >= 15 is 0 Å². The molecule has 1 aromatic heterocycles. The minimum atomic E-state index is -0.0614. The maximum Gasteiger partial charge on any atom is 0.225 e. The zero-order valence-electron chi connectivity index (χ0n) is 8.74. The van der Waals surface area contributed by atoms with E-state index in [1.807, 2.05) is 0 Å². The molecule has 16 heavy (non-hydrogen) atoms. The van der Waals surface area contributed by atoms with Gasteiger partial charge in [-0.1, -0.05) is 0 Å². The largest absolute Gasteiger partial charge is 0.309 e. The fourth-order valence-corrected chi connectivity index (χ4v) is 1.30. The molecule has 0 fully saturated rings. The van der Waals surface area contributed by atoms with Gasteiger partial charge in [-0.05, 0) is 28.8 Å². The van der Waals surface area contributed by atoms with Crippen molar-refractivity contribution in [2.24, 2.45) is 0 Å². The number of unbranched alkanes of at least 4 members (excludes halogenated alkanes) is 2. The van der Waals surface area contributed by atoms with Crippen molar-refractivity contribution in [3.8, 4) is 12.3 Å². The van der Waals surface area contributed by atoms with Gasteiger partial charge >= 0.3 is 0 Å². The van der Waals surface area contributed by atoms with Crippen molar-refractivity contribution >= 4 is 27.7 Å². The summed E-state index contributed by atoms with van der Waals surface area (Å²) in [6, 6.07) is 0. The third-order valence-corrected chi connectivity index (χ3v) is 2.27. The molecule has 0 saturated heterocycles. The molecule has 0 radical (unpaired) electrons. The van der Waals surface area contributed by atoms with E-state index in [1.165, 1.54) is 12.4 Å². The number of carbonyl (C=O) groups is 1. The molecule has 1 N–H and O–H groups in total. The number of aromatic nitrogens is 2. The molecule has 0 bridgehead atoms. The average Bonchev–Trinajstić information content (AvgIpc) is 2.28. The van der Waals surface area contributed by atoms with Crippen molar-refractivity contribution in [3.05, 3.63) is 17.0 Å². The van der Waals surface area contributed by atoms with Gasteiger partial charge in [-0.15, -0.1) is 12.3 Å². The van der Waals surface area contributed by atoms with Crippen LogP contribution in [0, 0.1) is 12.3 Å². The lowest BCUT2D eigenvalue weighted by Crippen LogP contribution is -2.12. The molecule has 0 aliphatic carbocycles. The van der Waals surface area contributed by atoms with Gasteiger partial charge in [0.2, 0.25) is 5.91 Å². The highest BCUT2D eigenvalue weighted by Crippen LogP contribution is 2.07. The summed E-state index contributed by atoms with van der Waals surface area (Å²) in [5.74, 6) is 2.94. The SMILES string of the molecule is C#CCCCCC(=O)Nc1cnc(Br)cn1. The monoisotopic (exact) mass is 281 g/mol. The maximum atomic E-state index is 11.4. The molecule has 0 aromatic carbocycles. The topological polar surface area (TPSA) is 54.9 Å². The lowest BCUT2D eigenvalue weighted by atomic mass is 10.2. The number of carbonyl (C=O) groups excluding carboxylic acids is 1. The van der Waals surface area contributed by atoms with Gasteiger partial charge in [-0.25, -0.2) is 9.97 Å². The number of nitrogens with zero attached hydrogens (tertiary/aromatic N) is 2. The molecule has 84 valence electrons. The maximum absolute atomic E-state index is 11.4. The Balaban J connectivity index is 2.29. The van der Waals surface area contributed by atoms with Crippen molar-refractivity contribution < 1.29 is 4.79 Å². The van der Waals surface area contributed by atoms with E-state index < -0.39 is 0 Å². The minimum Gasteiger partial charge on any atom is -0.309 e. The Kier molecular flexibility index (Phi) is 5.51. The fraction of sp³-hybridized carbons (Fsp3) is 0.364. The predicted molar refractivity (Wildman–Crippen MR) is 65.7 cm³/mol. The third kappa shape index (κ3) is 4.89. The summed E-state index contributed by atoms with van der Waals surface area (Å²) < 4.78 is 0.638. The van der Waals surface area contributed by atoms with Crippen LogP contribution in [0.2, 0.25) is 0 Å². The highest BCUT2D eigenvalue weighted by Gasteiger charge is 2.02. The van der Waals surface area contributed by atoms with Crippen LogP contribution in [0.15, 0.2) is 17.0 Å². The van der Waals surface area contributed by atoms with Crippen molar-refractivity contribution in [1.82, 2.24) is 9.97 Å². The Labute approximate surface area is 103 Å². The first-order valence-corrected chi connectivity index (χ1v) is 5.72. The fourth-order valence-electron chi connectivity index (χ4n) is 1.09. The summed E-state index contributed by atoms with van der Waals surface area (Å²) in [4.78, 5) is 19.4. The second-order valence-corrected chi connectivity index (χ2v) is 4.00. The molecule has 0 spiro atoms. The van der Waals surface area contributed by atoms with Gasteiger partial charge in [-0.2, -0.15) is 0 Å². The van der Waals surface area contributed by atoms with Crippen LogP contribution in [-0.4, -0.2) is 15.9 Å². The van der Waals surface area contributed by atoms with Crippen molar-refractivity contribution in [2.75, 3.05) is 5.32 Å². The minimum absolute atomic E-state index is 0.0614. The Morgan fingerprint density at radius 2 is 2.25 bits per heavy atom. The second kappa shape index (κ2) is 6.96. The molecule has 1 rings (SSSR count). The van der Waals surface area contributed by atoms with Crippen molar-refractivity contribution in [1.29, 1.82) is 0 Å². The summed E-state index contributed by atoms with van der Waals surface area (Å²) in [7, 11) is 0. The first kappa shape index (κ1) is 12.7. The number of anilines is 1. The zero-order valence-corrected chi connectivity index (χ0v) is 10.3. The van der Waals surface area contributed by atoms with Crippen LogP contribution in [0.5, 0.6) is 0 Å². The van der Waals surface area contributed by atoms with Gasteiger partial charge in [-0.3, -0.25) is 4.79 Å². The molecular formula is C11H12BrN3O. The molecule has 0 aliphatic rings. The highest BCUT2D eigenvalue weighted by atomic mass is 79.9. The molecule has 5 heteroatoms. The van der Waals surface area contributed by atoms with Gasteiger partial charge in [0.25, 0.3) is 0 Å². The molecular weight excluding hydrogens is 270 g/mol. The molecule has 0 atom stereocenters. The van der Waals surface area contributed by atoms with Crippen LogP contribution in [-0.2, 0) is 4.79 Å². The molecule has 1 amide bonds.